The van der Waals surface area contributed by atoms with Gasteiger partial charge in [-0.1, -0.05) is 0 Å². The van der Waals surface area contributed by atoms with Crippen LogP contribution in [0.3, 0.4) is 0 Å². The molecule has 0 bridgehead atoms. The molecule has 0 spiro atoms. The molecular weight excluding hydrogens is 396 g/mol. The molecule has 0 unspecified atom stereocenters. The van der Waals surface area contributed by atoms with Crippen molar-refractivity contribution in [1.29, 1.82) is 0 Å². The van der Waals surface area contributed by atoms with Gasteiger partial charge in [0, 0.05) is 30.9 Å². The summed E-state index contributed by atoms with van der Waals surface area (Å²) >= 11 is 0. The minimum Gasteiger partial charge on any atom is -0.454 e. The van der Waals surface area contributed by atoms with Crippen LogP contribution in [0.1, 0.15) is 15.9 Å². The summed E-state index contributed by atoms with van der Waals surface area (Å²) in [7, 11) is -3.56. The first-order valence-electron chi connectivity index (χ1n) is 9.46. The number of carbonyl (C=O) groups is 1. The SMILES string of the molecule is O=C(c1ccc2c(c1)OCO2)N1CCc2cc(S(=O)(=O)N3CCOCC3)ccc21. The molecule has 0 N–H and O–H groups in total. The van der Waals surface area contributed by atoms with E-state index in [0.29, 0.717) is 56.3 Å². The number of carbonyl (C=O) groups excluding carboxylic acids is 1. The summed E-state index contributed by atoms with van der Waals surface area (Å²) in [5, 5.41) is 0. The third-order valence-electron chi connectivity index (χ3n) is 5.42. The van der Waals surface area contributed by atoms with Gasteiger partial charge in [-0.05, 0) is 48.4 Å². The van der Waals surface area contributed by atoms with E-state index in [9.17, 15) is 13.2 Å². The number of fused-ring (bicyclic) bond motifs is 2. The molecule has 152 valence electrons. The van der Waals surface area contributed by atoms with Crippen molar-refractivity contribution in [2.45, 2.75) is 11.3 Å². The molecule has 3 heterocycles. The van der Waals surface area contributed by atoms with Crippen LogP contribution in [-0.4, -0.2) is 58.3 Å². The van der Waals surface area contributed by atoms with Crippen LogP contribution in [0, 0.1) is 0 Å². The van der Waals surface area contributed by atoms with Gasteiger partial charge in [0.2, 0.25) is 16.8 Å². The van der Waals surface area contributed by atoms with E-state index in [2.05, 4.69) is 0 Å². The van der Waals surface area contributed by atoms with Crippen LogP contribution >= 0.6 is 0 Å². The van der Waals surface area contributed by atoms with Gasteiger partial charge in [0.1, 0.15) is 0 Å². The standard InChI is InChI=1S/C20H20N2O6S/c23-20(15-1-4-18-19(12-15)28-13-27-18)22-6-5-14-11-16(2-3-17(14)22)29(24,25)21-7-9-26-10-8-21/h1-4,11-12H,5-10,13H2. The zero-order valence-corrected chi connectivity index (χ0v) is 16.5. The predicted molar refractivity (Wildman–Crippen MR) is 104 cm³/mol. The predicted octanol–water partition coefficient (Wildman–Crippen LogP) is 1.64. The van der Waals surface area contributed by atoms with E-state index < -0.39 is 10.0 Å². The molecule has 1 saturated heterocycles. The summed E-state index contributed by atoms with van der Waals surface area (Å²) in [6.45, 7) is 2.18. The van der Waals surface area contributed by atoms with Crippen LogP contribution in [-0.2, 0) is 21.2 Å². The number of sulfonamides is 1. The van der Waals surface area contributed by atoms with Crippen molar-refractivity contribution < 1.29 is 27.4 Å². The second kappa shape index (κ2) is 7.01. The topological polar surface area (TPSA) is 85.4 Å². The molecule has 29 heavy (non-hydrogen) atoms. The van der Waals surface area contributed by atoms with E-state index >= 15 is 0 Å². The molecule has 1 amide bonds. The lowest BCUT2D eigenvalue weighted by Gasteiger charge is -2.26. The maximum Gasteiger partial charge on any atom is 0.258 e. The first kappa shape index (κ1) is 18.4. The van der Waals surface area contributed by atoms with E-state index in [0.717, 1.165) is 11.3 Å². The second-order valence-electron chi connectivity index (χ2n) is 7.08. The van der Waals surface area contributed by atoms with E-state index in [4.69, 9.17) is 14.2 Å². The summed E-state index contributed by atoms with van der Waals surface area (Å²) in [6.07, 6.45) is 0.609. The van der Waals surface area contributed by atoms with Crippen LogP contribution in [0.25, 0.3) is 0 Å². The summed E-state index contributed by atoms with van der Waals surface area (Å²) in [6, 6.07) is 10.1. The third-order valence-corrected chi connectivity index (χ3v) is 7.31. The summed E-state index contributed by atoms with van der Waals surface area (Å²) < 4.78 is 43.1. The fraction of sp³-hybridized carbons (Fsp3) is 0.350. The van der Waals surface area contributed by atoms with Gasteiger partial charge in [-0.25, -0.2) is 8.42 Å². The Morgan fingerprint density at radius 1 is 0.931 bits per heavy atom. The summed E-state index contributed by atoms with van der Waals surface area (Å²) in [4.78, 5) is 15.0. The molecule has 5 rings (SSSR count). The van der Waals surface area contributed by atoms with Gasteiger partial charge in [0.05, 0.1) is 18.1 Å². The molecule has 0 radical (unpaired) electrons. The van der Waals surface area contributed by atoms with Gasteiger partial charge < -0.3 is 19.1 Å². The molecule has 8 nitrogen and oxygen atoms in total. The molecule has 2 aromatic carbocycles. The highest BCUT2D eigenvalue weighted by molar-refractivity contribution is 7.89. The fourth-order valence-corrected chi connectivity index (χ4v) is 5.33. The van der Waals surface area contributed by atoms with Crippen molar-refractivity contribution in [2.75, 3.05) is 44.5 Å². The zero-order chi connectivity index (χ0) is 20.0. The first-order valence-corrected chi connectivity index (χ1v) is 10.9. The van der Waals surface area contributed by atoms with E-state index in [1.165, 1.54) is 4.31 Å². The highest BCUT2D eigenvalue weighted by atomic mass is 32.2. The number of morpholine rings is 1. The number of hydrogen-bond donors (Lipinski definition) is 0. The number of hydrogen-bond acceptors (Lipinski definition) is 6. The molecule has 0 aliphatic carbocycles. The van der Waals surface area contributed by atoms with Gasteiger partial charge in [-0.3, -0.25) is 4.79 Å². The lowest BCUT2D eigenvalue weighted by molar-refractivity contribution is 0.0730. The second-order valence-corrected chi connectivity index (χ2v) is 9.02. The number of benzene rings is 2. The van der Waals surface area contributed by atoms with Gasteiger partial charge in [-0.2, -0.15) is 4.31 Å². The Balaban J connectivity index is 1.41. The molecule has 1 fully saturated rings. The molecular formula is C20H20N2O6S. The number of ether oxygens (including phenoxy) is 3. The molecule has 0 atom stereocenters. The lowest BCUT2D eigenvalue weighted by Crippen LogP contribution is -2.40. The first-order chi connectivity index (χ1) is 14.0. The minimum atomic E-state index is -3.56. The normalized spacial score (nSPS) is 18.7. The summed E-state index contributed by atoms with van der Waals surface area (Å²) in [5.74, 6) is 1.04. The quantitative estimate of drug-likeness (QED) is 0.756. The lowest BCUT2D eigenvalue weighted by atomic mass is 10.1. The Morgan fingerprint density at radius 3 is 2.55 bits per heavy atom. The third kappa shape index (κ3) is 3.15. The molecule has 2 aromatic rings. The van der Waals surface area contributed by atoms with E-state index in [1.54, 1.807) is 41.3 Å². The zero-order valence-electron chi connectivity index (χ0n) is 15.7. The number of anilines is 1. The van der Waals surface area contributed by atoms with Crippen LogP contribution in [0.5, 0.6) is 11.5 Å². The number of amides is 1. The Kier molecular flexibility index (Phi) is 4.45. The van der Waals surface area contributed by atoms with Gasteiger partial charge in [-0.15, -0.1) is 0 Å². The minimum absolute atomic E-state index is 0.147. The number of rotatable bonds is 3. The van der Waals surface area contributed by atoms with Crippen molar-refractivity contribution in [2.24, 2.45) is 0 Å². The van der Waals surface area contributed by atoms with Crippen LogP contribution in [0.15, 0.2) is 41.3 Å². The van der Waals surface area contributed by atoms with Gasteiger partial charge >= 0.3 is 0 Å². The molecule has 9 heteroatoms. The maximum absolute atomic E-state index is 13.0. The Bertz CT molecular complexity index is 1080. The highest BCUT2D eigenvalue weighted by Gasteiger charge is 2.31. The van der Waals surface area contributed by atoms with Crippen molar-refractivity contribution in [3.8, 4) is 11.5 Å². The highest BCUT2D eigenvalue weighted by Crippen LogP contribution is 2.35. The molecule has 0 saturated carbocycles. The fourth-order valence-electron chi connectivity index (χ4n) is 3.87. The van der Waals surface area contributed by atoms with Crippen LogP contribution in [0.2, 0.25) is 0 Å². The largest absolute Gasteiger partial charge is 0.454 e. The Hall–Kier alpha value is -2.62. The van der Waals surface area contributed by atoms with Crippen molar-refractivity contribution >= 4 is 21.6 Å². The average Bonchev–Trinajstić information content (AvgIpc) is 3.39. The smallest absolute Gasteiger partial charge is 0.258 e. The van der Waals surface area contributed by atoms with E-state index in [1.807, 2.05) is 0 Å². The number of nitrogens with zero attached hydrogens (tertiary/aromatic N) is 2. The van der Waals surface area contributed by atoms with Crippen LogP contribution < -0.4 is 14.4 Å². The Morgan fingerprint density at radius 2 is 1.72 bits per heavy atom. The summed E-state index contributed by atoms with van der Waals surface area (Å²) in [5.41, 5.74) is 2.11. The van der Waals surface area contributed by atoms with Gasteiger partial charge in [0.25, 0.3) is 5.91 Å². The molecule has 0 aromatic heterocycles. The van der Waals surface area contributed by atoms with Crippen molar-refractivity contribution in [3.05, 3.63) is 47.5 Å². The monoisotopic (exact) mass is 416 g/mol. The molecule has 3 aliphatic rings. The molecule has 3 aliphatic heterocycles. The average molecular weight is 416 g/mol. The van der Waals surface area contributed by atoms with Crippen molar-refractivity contribution in [1.82, 2.24) is 4.31 Å². The van der Waals surface area contributed by atoms with Crippen LogP contribution in [0.4, 0.5) is 5.69 Å². The van der Waals surface area contributed by atoms with Gasteiger partial charge in [0.15, 0.2) is 11.5 Å². The van der Waals surface area contributed by atoms with E-state index in [-0.39, 0.29) is 17.6 Å². The Labute approximate surface area is 168 Å². The maximum atomic E-state index is 13.0. The van der Waals surface area contributed by atoms with Crippen molar-refractivity contribution in [3.63, 3.8) is 0 Å².